The van der Waals surface area contributed by atoms with Crippen molar-refractivity contribution in [3.05, 3.63) is 22.8 Å². The second kappa shape index (κ2) is 8.19. The molecule has 0 fully saturated rings. The largest absolute Gasteiger partial charge is 0.383 e. The van der Waals surface area contributed by atoms with E-state index in [-0.39, 0.29) is 0 Å². The van der Waals surface area contributed by atoms with Gasteiger partial charge in [0.25, 0.3) is 0 Å². The van der Waals surface area contributed by atoms with Crippen LogP contribution in [0.4, 0.5) is 0 Å². The van der Waals surface area contributed by atoms with Gasteiger partial charge in [0.1, 0.15) is 6.61 Å². The first-order valence-electron chi connectivity index (χ1n) is 6.62. The third kappa shape index (κ3) is 4.86. The average Bonchev–Trinajstić information content (AvgIpc) is 2.34. The molecule has 0 radical (unpaired) electrons. The van der Waals surface area contributed by atoms with Gasteiger partial charge in [-0.3, -0.25) is 0 Å². The Kier molecular flexibility index (Phi) is 6.91. The van der Waals surface area contributed by atoms with E-state index in [9.17, 15) is 0 Å². The Morgan fingerprint density at radius 1 is 1.11 bits per heavy atom. The Morgan fingerprint density at radius 2 is 1.74 bits per heavy atom. The van der Waals surface area contributed by atoms with Gasteiger partial charge in [-0.05, 0) is 25.3 Å². The third-order valence-electron chi connectivity index (χ3n) is 3.07. The van der Waals surface area contributed by atoms with Crippen LogP contribution in [0.25, 0.3) is 0 Å². The molecule has 5 nitrogen and oxygen atoms in total. The summed E-state index contributed by atoms with van der Waals surface area (Å²) < 4.78 is 10.1. The molecule has 1 N–H and O–H groups in total. The summed E-state index contributed by atoms with van der Waals surface area (Å²) in [4.78, 5) is 9.00. The molecule has 1 aromatic heterocycles. The summed E-state index contributed by atoms with van der Waals surface area (Å²) in [5.41, 5.74) is 3.31. The van der Waals surface area contributed by atoms with Crippen LogP contribution < -0.4 is 5.32 Å². The quantitative estimate of drug-likeness (QED) is 0.725. The van der Waals surface area contributed by atoms with Crippen molar-refractivity contribution in [3.8, 4) is 0 Å². The van der Waals surface area contributed by atoms with Gasteiger partial charge in [-0.25, -0.2) is 9.97 Å². The summed E-state index contributed by atoms with van der Waals surface area (Å²) in [6, 6.07) is 0. The molecule has 0 saturated carbocycles. The molecule has 1 rings (SSSR count). The van der Waals surface area contributed by atoms with Crippen LogP contribution >= 0.6 is 0 Å². The van der Waals surface area contributed by atoms with Crippen LogP contribution in [0.5, 0.6) is 0 Å². The summed E-state index contributed by atoms with van der Waals surface area (Å²) in [6.45, 7) is 9.22. The van der Waals surface area contributed by atoms with Gasteiger partial charge in [0.05, 0.1) is 6.61 Å². The topological polar surface area (TPSA) is 56.3 Å². The molecule has 1 atom stereocenters. The standard InChI is InChI=1S/C14H25N3O2/c1-10(8-15-6-7-18-4)14-11(2)16-13(9-19-5)17-12(14)3/h10,15H,6-9H2,1-5H3. The molecule has 0 amide bonds. The fourth-order valence-electron chi connectivity index (χ4n) is 2.30. The number of nitrogens with one attached hydrogen (secondary N) is 1. The number of methoxy groups -OCH3 is 2. The first-order chi connectivity index (χ1) is 9.10. The van der Waals surface area contributed by atoms with Crippen LogP contribution in [0.15, 0.2) is 0 Å². The van der Waals surface area contributed by atoms with Crippen LogP contribution in [-0.4, -0.2) is 43.9 Å². The van der Waals surface area contributed by atoms with E-state index < -0.39 is 0 Å². The Morgan fingerprint density at radius 3 is 2.26 bits per heavy atom. The van der Waals surface area contributed by atoms with E-state index in [0.29, 0.717) is 12.5 Å². The van der Waals surface area contributed by atoms with Gasteiger partial charge in [-0.2, -0.15) is 0 Å². The maximum Gasteiger partial charge on any atom is 0.154 e. The normalized spacial score (nSPS) is 12.7. The molecule has 108 valence electrons. The maximum atomic E-state index is 5.08. The van der Waals surface area contributed by atoms with Crippen LogP contribution in [0, 0.1) is 13.8 Å². The van der Waals surface area contributed by atoms with Crippen molar-refractivity contribution in [2.24, 2.45) is 0 Å². The van der Waals surface area contributed by atoms with Crippen molar-refractivity contribution in [2.75, 3.05) is 33.9 Å². The molecule has 0 aliphatic carbocycles. The van der Waals surface area contributed by atoms with Crippen LogP contribution in [0.2, 0.25) is 0 Å². The zero-order valence-electron chi connectivity index (χ0n) is 12.6. The van der Waals surface area contributed by atoms with Crippen molar-refractivity contribution >= 4 is 0 Å². The van der Waals surface area contributed by atoms with Crippen LogP contribution in [0.1, 0.15) is 35.6 Å². The van der Waals surface area contributed by atoms with Gasteiger partial charge < -0.3 is 14.8 Å². The van der Waals surface area contributed by atoms with E-state index in [2.05, 4.69) is 22.2 Å². The van der Waals surface area contributed by atoms with Crippen molar-refractivity contribution in [2.45, 2.75) is 33.3 Å². The summed E-state index contributed by atoms with van der Waals surface area (Å²) in [5, 5.41) is 3.37. The first-order valence-corrected chi connectivity index (χ1v) is 6.62. The van der Waals surface area contributed by atoms with Crippen molar-refractivity contribution in [3.63, 3.8) is 0 Å². The lowest BCUT2D eigenvalue weighted by atomic mass is 9.98. The molecule has 0 aromatic carbocycles. The lowest BCUT2D eigenvalue weighted by Gasteiger charge is -2.17. The number of hydrogen-bond donors (Lipinski definition) is 1. The molecular weight excluding hydrogens is 242 g/mol. The number of nitrogens with zero attached hydrogens (tertiary/aromatic N) is 2. The zero-order valence-corrected chi connectivity index (χ0v) is 12.6. The van der Waals surface area contributed by atoms with Gasteiger partial charge in [0, 0.05) is 38.7 Å². The number of hydrogen-bond acceptors (Lipinski definition) is 5. The molecule has 0 bridgehead atoms. The number of ether oxygens (including phenoxy) is 2. The molecule has 1 aromatic rings. The average molecular weight is 267 g/mol. The highest BCUT2D eigenvalue weighted by atomic mass is 16.5. The molecule has 1 unspecified atom stereocenters. The highest BCUT2D eigenvalue weighted by Crippen LogP contribution is 2.20. The highest BCUT2D eigenvalue weighted by Gasteiger charge is 2.14. The number of aromatic nitrogens is 2. The molecule has 19 heavy (non-hydrogen) atoms. The lowest BCUT2D eigenvalue weighted by molar-refractivity contribution is 0.177. The summed E-state index contributed by atoms with van der Waals surface area (Å²) in [6.07, 6.45) is 0. The molecule has 0 aliphatic rings. The minimum absolute atomic E-state index is 0.383. The lowest BCUT2D eigenvalue weighted by Crippen LogP contribution is -2.25. The Hall–Kier alpha value is -1.04. The molecule has 5 heteroatoms. The van der Waals surface area contributed by atoms with E-state index >= 15 is 0 Å². The van der Waals surface area contributed by atoms with Crippen molar-refractivity contribution in [1.82, 2.24) is 15.3 Å². The van der Waals surface area contributed by atoms with Crippen LogP contribution in [-0.2, 0) is 16.1 Å². The number of aryl methyl sites for hydroxylation is 2. The fraction of sp³-hybridized carbons (Fsp3) is 0.714. The monoisotopic (exact) mass is 267 g/mol. The van der Waals surface area contributed by atoms with Crippen molar-refractivity contribution < 1.29 is 9.47 Å². The first kappa shape index (κ1) is 16.0. The highest BCUT2D eigenvalue weighted by molar-refractivity contribution is 5.28. The Labute approximate surface area is 115 Å². The summed E-state index contributed by atoms with van der Waals surface area (Å²) in [5.74, 6) is 1.13. The van der Waals surface area contributed by atoms with E-state index in [1.165, 1.54) is 5.56 Å². The minimum atomic E-state index is 0.383. The van der Waals surface area contributed by atoms with Crippen molar-refractivity contribution in [1.29, 1.82) is 0 Å². The predicted molar refractivity (Wildman–Crippen MR) is 75.4 cm³/mol. The summed E-state index contributed by atoms with van der Waals surface area (Å²) in [7, 11) is 3.37. The molecular formula is C14H25N3O2. The van der Waals surface area contributed by atoms with E-state index in [1.807, 2.05) is 13.8 Å². The smallest absolute Gasteiger partial charge is 0.154 e. The second-order valence-corrected chi connectivity index (χ2v) is 4.76. The molecule has 0 saturated heterocycles. The minimum Gasteiger partial charge on any atom is -0.383 e. The Balaban J connectivity index is 2.71. The van der Waals surface area contributed by atoms with Gasteiger partial charge in [-0.15, -0.1) is 0 Å². The Bertz CT molecular complexity index is 373. The molecule has 0 spiro atoms. The molecule has 0 aliphatic heterocycles. The van der Waals surface area contributed by atoms with E-state index in [0.717, 1.165) is 36.9 Å². The van der Waals surface area contributed by atoms with E-state index in [4.69, 9.17) is 9.47 Å². The SMILES string of the molecule is COCCNCC(C)c1c(C)nc(COC)nc1C. The number of rotatable bonds is 8. The zero-order chi connectivity index (χ0) is 14.3. The van der Waals surface area contributed by atoms with Gasteiger partial charge in [0.15, 0.2) is 5.82 Å². The predicted octanol–water partition coefficient (Wildman–Crippen LogP) is 1.58. The third-order valence-corrected chi connectivity index (χ3v) is 3.07. The maximum absolute atomic E-state index is 5.08. The van der Waals surface area contributed by atoms with Gasteiger partial charge in [-0.1, -0.05) is 6.92 Å². The molecule has 1 heterocycles. The van der Waals surface area contributed by atoms with Gasteiger partial charge in [0.2, 0.25) is 0 Å². The summed E-state index contributed by atoms with van der Waals surface area (Å²) >= 11 is 0. The van der Waals surface area contributed by atoms with E-state index in [1.54, 1.807) is 14.2 Å². The fourth-order valence-corrected chi connectivity index (χ4v) is 2.30. The van der Waals surface area contributed by atoms with Crippen LogP contribution in [0.3, 0.4) is 0 Å². The van der Waals surface area contributed by atoms with Gasteiger partial charge >= 0.3 is 0 Å². The second-order valence-electron chi connectivity index (χ2n) is 4.76.